The molecule has 0 spiro atoms. The highest BCUT2D eigenvalue weighted by Crippen LogP contribution is 2.32. The number of nitrogens with zero attached hydrogens (tertiary/aromatic N) is 2. The van der Waals surface area contributed by atoms with Crippen molar-refractivity contribution in [2.45, 2.75) is 45.1 Å². The third kappa shape index (κ3) is 6.56. The Morgan fingerprint density at radius 1 is 0.980 bits per heavy atom. The lowest BCUT2D eigenvalue weighted by Crippen LogP contribution is -2.54. The number of hydrogen-bond acceptors (Lipinski definition) is 8. The Kier molecular flexibility index (Phi) is 9.69. The quantitative estimate of drug-likeness (QED) is 0.154. The third-order valence-electron chi connectivity index (χ3n) is 8.94. The number of unbranched alkanes of at least 4 members (excludes halogenated alkanes) is 1. The Balaban J connectivity index is 1.05. The van der Waals surface area contributed by atoms with Crippen molar-refractivity contribution >= 4 is 63.6 Å². The second-order valence-electron chi connectivity index (χ2n) is 12.1. The molecule has 0 aliphatic carbocycles. The van der Waals surface area contributed by atoms with E-state index in [1.165, 1.54) is 6.07 Å². The number of carbonyl (C=O) groups excluding carboxylic acids is 6. The van der Waals surface area contributed by atoms with Crippen LogP contribution in [0.1, 0.15) is 68.0 Å². The number of carbonyl (C=O) groups is 6. The van der Waals surface area contributed by atoms with Crippen LogP contribution in [0.2, 0.25) is 5.02 Å². The predicted octanol–water partition coefficient (Wildman–Crippen LogP) is 4.39. The van der Waals surface area contributed by atoms with Gasteiger partial charge < -0.3 is 15.4 Å². The number of rotatable bonds is 11. The summed E-state index contributed by atoms with van der Waals surface area (Å²) in [5, 5.41) is 9.20. The van der Waals surface area contributed by atoms with Gasteiger partial charge in [0.2, 0.25) is 17.7 Å². The number of hydrogen-bond donors (Lipinski definition) is 3. The molecule has 14 heteroatoms. The van der Waals surface area contributed by atoms with E-state index in [0.717, 1.165) is 16.4 Å². The lowest BCUT2D eigenvalue weighted by Gasteiger charge is -2.27. The Bertz CT molecular complexity index is 2080. The van der Waals surface area contributed by atoms with Crippen molar-refractivity contribution in [2.75, 3.05) is 25.5 Å². The van der Waals surface area contributed by atoms with Crippen LogP contribution in [0.15, 0.2) is 54.6 Å². The summed E-state index contributed by atoms with van der Waals surface area (Å²) in [7, 11) is 1.54. The highest BCUT2D eigenvalue weighted by atomic mass is 35.5. The second kappa shape index (κ2) is 14.1. The normalized spacial score (nSPS) is 15.7. The van der Waals surface area contributed by atoms with Gasteiger partial charge in [-0.1, -0.05) is 11.6 Å². The van der Waals surface area contributed by atoms with Crippen molar-refractivity contribution in [3.63, 3.8) is 0 Å². The number of halogens is 2. The van der Waals surface area contributed by atoms with Gasteiger partial charge in [-0.15, -0.1) is 0 Å². The molecule has 258 valence electrons. The standard InChI is InChI=1S/C36H33ClFN5O7/c1-19-23(24-15-22(50-2)9-10-29(24)42(19)34(47)20-5-7-21(37)8-6-20)18-32(45)40-14-4-3-13-39-28-17-26-25(16-27(28)38)35(48)43(36(26)49)30-11-12-31(44)41-33(30)46/h5-10,15-17,30,39H,3-4,11-14,18H2,1-2H3,(H,40,45)(H,41,44,46). The lowest BCUT2D eigenvalue weighted by atomic mass is 10.0. The van der Waals surface area contributed by atoms with E-state index >= 15 is 0 Å². The van der Waals surface area contributed by atoms with E-state index < -0.39 is 35.5 Å². The van der Waals surface area contributed by atoms with Crippen molar-refractivity contribution in [1.29, 1.82) is 0 Å². The van der Waals surface area contributed by atoms with E-state index in [2.05, 4.69) is 16.0 Å². The number of fused-ring (bicyclic) bond motifs is 2. The summed E-state index contributed by atoms with van der Waals surface area (Å²) in [5.41, 5.74) is 2.27. The molecule has 3 heterocycles. The van der Waals surface area contributed by atoms with Crippen LogP contribution in [0.3, 0.4) is 0 Å². The molecule has 5 amide bonds. The molecule has 3 N–H and O–H groups in total. The number of benzene rings is 3. The molecule has 50 heavy (non-hydrogen) atoms. The number of piperidine rings is 1. The first-order valence-electron chi connectivity index (χ1n) is 16.0. The molecule has 1 fully saturated rings. The Hall–Kier alpha value is -5.56. The minimum atomic E-state index is -1.14. The fourth-order valence-electron chi connectivity index (χ4n) is 6.35. The minimum absolute atomic E-state index is 0.00194. The molecular weight excluding hydrogens is 669 g/mol. The number of aromatic nitrogens is 1. The highest BCUT2D eigenvalue weighted by molar-refractivity contribution is 6.30. The summed E-state index contributed by atoms with van der Waals surface area (Å²) < 4.78 is 21.9. The molecule has 0 bridgehead atoms. The van der Waals surface area contributed by atoms with Crippen molar-refractivity contribution in [3.05, 3.63) is 93.4 Å². The van der Waals surface area contributed by atoms with Crippen LogP contribution in [0, 0.1) is 12.7 Å². The van der Waals surface area contributed by atoms with Gasteiger partial charge in [0.1, 0.15) is 17.6 Å². The molecule has 1 unspecified atom stereocenters. The first kappa shape index (κ1) is 34.3. The van der Waals surface area contributed by atoms with Gasteiger partial charge >= 0.3 is 0 Å². The summed E-state index contributed by atoms with van der Waals surface area (Å²) in [6.45, 7) is 2.44. The van der Waals surface area contributed by atoms with Crippen LogP contribution in [0.25, 0.3) is 10.9 Å². The van der Waals surface area contributed by atoms with Crippen LogP contribution in [-0.2, 0) is 20.8 Å². The Morgan fingerprint density at radius 2 is 1.68 bits per heavy atom. The molecule has 3 aromatic carbocycles. The number of anilines is 1. The summed E-state index contributed by atoms with van der Waals surface area (Å²) in [6, 6.07) is 13.0. The first-order valence-corrected chi connectivity index (χ1v) is 16.4. The molecule has 12 nitrogen and oxygen atoms in total. The smallest absolute Gasteiger partial charge is 0.262 e. The van der Waals surface area contributed by atoms with Gasteiger partial charge in [-0.2, -0.15) is 0 Å². The molecule has 1 atom stereocenters. The van der Waals surface area contributed by atoms with Gasteiger partial charge in [-0.3, -0.25) is 43.6 Å². The van der Waals surface area contributed by atoms with Crippen molar-refractivity contribution in [3.8, 4) is 5.75 Å². The minimum Gasteiger partial charge on any atom is -0.497 e. The number of nitrogens with one attached hydrogen (secondary N) is 3. The van der Waals surface area contributed by atoms with E-state index in [0.29, 0.717) is 59.0 Å². The van der Waals surface area contributed by atoms with Crippen LogP contribution in [-0.4, -0.2) is 71.2 Å². The van der Waals surface area contributed by atoms with Crippen molar-refractivity contribution in [1.82, 2.24) is 20.1 Å². The zero-order valence-electron chi connectivity index (χ0n) is 27.2. The fraction of sp³-hybridized carbons (Fsp3) is 0.278. The summed E-state index contributed by atoms with van der Waals surface area (Å²) >= 11 is 6.01. The van der Waals surface area contributed by atoms with Crippen LogP contribution in [0.4, 0.5) is 10.1 Å². The Morgan fingerprint density at radius 3 is 2.38 bits per heavy atom. The number of amides is 5. The van der Waals surface area contributed by atoms with Crippen LogP contribution in [0.5, 0.6) is 5.75 Å². The molecule has 0 saturated carbocycles. The van der Waals surface area contributed by atoms with E-state index in [4.69, 9.17) is 16.3 Å². The molecular formula is C36H33ClFN5O7. The zero-order chi connectivity index (χ0) is 35.7. The summed E-state index contributed by atoms with van der Waals surface area (Å²) in [5.74, 6) is -3.37. The molecule has 1 saturated heterocycles. The molecule has 2 aliphatic rings. The topological polar surface area (TPSA) is 156 Å². The molecule has 2 aliphatic heterocycles. The van der Waals surface area contributed by atoms with E-state index in [1.54, 1.807) is 61.1 Å². The predicted molar refractivity (Wildman–Crippen MR) is 182 cm³/mol. The second-order valence-corrected chi connectivity index (χ2v) is 12.5. The van der Waals surface area contributed by atoms with Gasteiger partial charge in [0.05, 0.1) is 35.9 Å². The van der Waals surface area contributed by atoms with Crippen LogP contribution >= 0.6 is 11.6 Å². The van der Waals surface area contributed by atoms with E-state index in [1.807, 2.05) is 0 Å². The van der Waals surface area contributed by atoms with Gasteiger partial charge in [-0.05, 0) is 86.3 Å². The maximum absolute atomic E-state index is 14.9. The van der Waals surface area contributed by atoms with Gasteiger partial charge in [0, 0.05) is 41.2 Å². The average molecular weight is 702 g/mol. The molecule has 1 aromatic heterocycles. The largest absolute Gasteiger partial charge is 0.497 e. The zero-order valence-corrected chi connectivity index (χ0v) is 28.0. The number of methoxy groups -OCH3 is 1. The van der Waals surface area contributed by atoms with Gasteiger partial charge in [-0.25, -0.2) is 4.39 Å². The van der Waals surface area contributed by atoms with Crippen molar-refractivity contribution < 1.29 is 37.9 Å². The number of imide groups is 2. The van der Waals surface area contributed by atoms with Crippen molar-refractivity contribution in [2.24, 2.45) is 0 Å². The first-order chi connectivity index (χ1) is 24.0. The summed E-state index contributed by atoms with van der Waals surface area (Å²) in [6.07, 6.45) is 1.10. The fourth-order valence-corrected chi connectivity index (χ4v) is 6.47. The molecule has 4 aromatic rings. The third-order valence-corrected chi connectivity index (χ3v) is 9.19. The summed E-state index contributed by atoms with van der Waals surface area (Å²) in [4.78, 5) is 77.1. The average Bonchev–Trinajstić information content (AvgIpc) is 3.49. The van der Waals surface area contributed by atoms with E-state index in [-0.39, 0.29) is 47.9 Å². The SMILES string of the molecule is COc1ccc2c(c1)c(CC(=O)NCCCCNc1cc3c(cc1F)C(=O)N(C1CCC(=O)NC1=O)C3=O)c(C)n2C(=O)c1ccc(Cl)cc1. The maximum atomic E-state index is 14.9. The molecule has 0 radical (unpaired) electrons. The maximum Gasteiger partial charge on any atom is 0.262 e. The van der Waals surface area contributed by atoms with E-state index in [9.17, 15) is 33.2 Å². The van der Waals surface area contributed by atoms with Gasteiger partial charge in [0.25, 0.3) is 17.7 Å². The Labute approximate surface area is 290 Å². The highest BCUT2D eigenvalue weighted by Gasteiger charge is 2.45. The van der Waals surface area contributed by atoms with Gasteiger partial charge in [0.15, 0.2) is 0 Å². The molecule has 6 rings (SSSR count). The lowest BCUT2D eigenvalue weighted by molar-refractivity contribution is -0.136. The monoisotopic (exact) mass is 701 g/mol. The number of ether oxygens (including phenoxy) is 1. The van der Waals surface area contributed by atoms with Crippen LogP contribution < -0.4 is 20.7 Å².